The van der Waals surface area contributed by atoms with Crippen LogP contribution in [-0.4, -0.2) is 27.5 Å². The Morgan fingerprint density at radius 3 is 2.59 bits per heavy atom. The largest absolute Gasteiger partial charge is 0.305 e. The molecule has 2 heterocycles. The van der Waals surface area contributed by atoms with Crippen molar-refractivity contribution >= 4 is 17.8 Å². The second-order valence-corrected chi connectivity index (χ2v) is 6.71. The van der Waals surface area contributed by atoms with Gasteiger partial charge in [-0.25, -0.2) is 0 Å². The molecule has 0 fully saturated rings. The van der Waals surface area contributed by atoms with Crippen LogP contribution in [0, 0.1) is 0 Å². The SMILES string of the molecule is O=C(/C=C\c1ccccc1)Nc1n[nH]c2c1CN(CCc1ccccc1)C2. The molecule has 5 nitrogen and oxygen atoms in total. The van der Waals surface area contributed by atoms with Crippen LogP contribution in [0.2, 0.25) is 0 Å². The number of carbonyl (C=O) groups is 1. The van der Waals surface area contributed by atoms with E-state index in [1.807, 2.05) is 36.4 Å². The van der Waals surface area contributed by atoms with Crippen LogP contribution in [0.3, 0.4) is 0 Å². The predicted molar refractivity (Wildman–Crippen MR) is 107 cm³/mol. The molecule has 5 heteroatoms. The lowest BCUT2D eigenvalue weighted by Crippen LogP contribution is -2.20. The van der Waals surface area contributed by atoms with Gasteiger partial charge in [-0.05, 0) is 23.6 Å². The molecule has 3 aromatic rings. The van der Waals surface area contributed by atoms with Crippen molar-refractivity contribution in [3.63, 3.8) is 0 Å². The Labute approximate surface area is 158 Å². The van der Waals surface area contributed by atoms with E-state index in [9.17, 15) is 4.79 Å². The molecule has 136 valence electrons. The third-order valence-electron chi connectivity index (χ3n) is 4.74. The molecule has 0 saturated heterocycles. The quantitative estimate of drug-likeness (QED) is 0.662. The molecule has 1 aromatic heterocycles. The Morgan fingerprint density at radius 2 is 1.81 bits per heavy atom. The third kappa shape index (κ3) is 4.33. The molecule has 27 heavy (non-hydrogen) atoms. The highest BCUT2D eigenvalue weighted by Crippen LogP contribution is 2.27. The monoisotopic (exact) mass is 358 g/mol. The van der Waals surface area contributed by atoms with Crippen molar-refractivity contribution in [3.8, 4) is 0 Å². The number of amides is 1. The summed E-state index contributed by atoms with van der Waals surface area (Å²) in [7, 11) is 0. The summed E-state index contributed by atoms with van der Waals surface area (Å²) in [6.45, 7) is 2.62. The van der Waals surface area contributed by atoms with Gasteiger partial charge in [0.15, 0.2) is 5.82 Å². The van der Waals surface area contributed by atoms with Crippen molar-refractivity contribution in [3.05, 3.63) is 89.1 Å². The lowest BCUT2D eigenvalue weighted by Gasteiger charge is -2.15. The number of nitrogens with zero attached hydrogens (tertiary/aromatic N) is 2. The first kappa shape index (κ1) is 17.2. The van der Waals surface area contributed by atoms with Crippen LogP contribution in [0.5, 0.6) is 0 Å². The number of hydrogen-bond donors (Lipinski definition) is 2. The smallest absolute Gasteiger partial charge is 0.249 e. The number of anilines is 1. The van der Waals surface area contributed by atoms with E-state index in [4.69, 9.17) is 0 Å². The van der Waals surface area contributed by atoms with Crippen molar-refractivity contribution in [2.24, 2.45) is 0 Å². The summed E-state index contributed by atoms with van der Waals surface area (Å²) in [6, 6.07) is 20.3. The Bertz CT molecular complexity index is 931. The average Bonchev–Trinajstić information content (AvgIpc) is 3.28. The molecule has 2 N–H and O–H groups in total. The number of benzene rings is 2. The van der Waals surface area contributed by atoms with Crippen LogP contribution in [0.1, 0.15) is 22.4 Å². The van der Waals surface area contributed by atoms with Crippen LogP contribution < -0.4 is 5.32 Å². The van der Waals surface area contributed by atoms with Crippen LogP contribution in [0.25, 0.3) is 6.08 Å². The number of nitrogens with one attached hydrogen (secondary N) is 2. The van der Waals surface area contributed by atoms with Crippen molar-refractivity contribution in [1.29, 1.82) is 0 Å². The second kappa shape index (κ2) is 8.01. The van der Waals surface area contributed by atoms with E-state index >= 15 is 0 Å². The molecule has 4 rings (SSSR count). The van der Waals surface area contributed by atoms with Gasteiger partial charge in [-0.3, -0.25) is 14.8 Å². The van der Waals surface area contributed by atoms with E-state index in [-0.39, 0.29) is 5.91 Å². The molecule has 0 saturated carbocycles. The summed E-state index contributed by atoms with van der Waals surface area (Å²) >= 11 is 0. The Balaban J connectivity index is 1.33. The molecule has 0 unspecified atom stereocenters. The zero-order chi connectivity index (χ0) is 18.5. The molecule has 2 aromatic carbocycles. The molecule has 1 aliphatic rings. The van der Waals surface area contributed by atoms with Crippen molar-refractivity contribution in [2.75, 3.05) is 11.9 Å². The number of carbonyl (C=O) groups excluding carboxylic acids is 1. The third-order valence-corrected chi connectivity index (χ3v) is 4.74. The lowest BCUT2D eigenvalue weighted by atomic mass is 10.1. The molecule has 0 radical (unpaired) electrons. The number of hydrogen-bond acceptors (Lipinski definition) is 3. The van der Waals surface area contributed by atoms with Gasteiger partial charge < -0.3 is 5.32 Å². The number of aromatic amines is 1. The summed E-state index contributed by atoms with van der Waals surface area (Å²) in [5.74, 6) is 0.464. The van der Waals surface area contributed by atoms with Gasteiger partial charge in [0.1, 0.15) is 0 Å². The Morgan fingerprint density at radius 1 is 1.07 bits per heavy atom. The molecule has 0 bridgehead atoms. The maximum Gasteiger partial charge on any atom is 0.249 e. The summed E-state index contributed by atoms with van der Waals surface area (Å²) < 4.78 is 0. The van der Waals surface area contributed by atoms with E-state index in [2.05, 4.69) is 44.7 Å². The minimum atomic E-state index is -0.170. The number of H-pyrrole nitrogens is 1. The maximum absolute atomic E-state index is 12.2. The number of rotatable bonds is 6. The zero-order valence-corrected chi connectivity index (χ0v) is 15.1. The minimum Gasteiger partial charge on any atom is -0.305 e. The fraction of sp³-hybridized carbons (Fsp3) is 0.182. The Kier molecular flexibility index (Phi) is 5.12. The standard InChI is InChI=1S/C22H22N4O/c27-21(12-11-17-7-3-1-4-8-17)23-22-19-15-26(16-20(19)24-25-22)14-13-18-9-5-2-6-10-18/h1-12H,13-16H2,(H2,23,24,25,27)/b12-11-. The molecular weight excluding hydrogens is 336 g/mol. The van der Waals surface area contributed by atoms with E-state index < -0.39 is 0 Å². The molecule has 0 aliphatic carbocycles. The van der Waals surface area contributed by atoms with Crippen LogP contribution in [0.15, 0.2) is 66.7 Å². The summed E-state index contributed by atoms with van der Waals surface area (Å²) in [4.78, 5) is 14.6. The molecular formula is C22H22N4O. The van der Waals surface area contributed by atoms with Gasteiger partial charge in [0.25, 0.3) is 0 Å². The first-order valence-electron chi connectivity index (χ1n) is 9.14. The highest BCUT2D eigenvalue weighted by Gasteiger charge is 2.25. The van der Waals surface area contributed by atoms with Gasteiger partial charge in [-0.1, -0.05) is 60.7 Å². The van der Waals surface area contributed by atoms with Crippen LogP contribution >= 0.6 is 0 Å². The highest BCUT2D eigenvalue weighted by molar-refractivity contribution is 6.01. The Hall–Kier alpha value is -3.18. The topological polar surface area (TPSA) is 61.0 Å². The molecule has 1 aliphatic heterocycles. The first-order chi connectivity index (χ1) is 13.3. The van der Waals surface area contributed by atoms with E-state index in [1.165, 1.54) is 5.56 Å². The van der Waals surface area contributed by atoms with Crippen molar-refractivity contribution in [1.82, 2.24) is 15.1 Å². The maximum atomic E-state index is 12.2. The van der Waals surface area contributed by atoms with Gasteiger partial charge >= 0.3 is 0 Å². The molecule has 0 spiro atoms. The van der Waals surface area contributed by atoms with Crippen LogP contribution in [-0.2, 0) is 24.3 Å². The van der Waals surface area contributed by atoms with Gasteiger partial charge in [0, 0.05) is 31.3 Å². The van der Waals surface area contributed by atoms with Gasteiger partial charge in [-0.15, -0.1) is 0 Å². The highest BCUT2D eigenvalue weighted by atomic mass is 16.1. The van der Waals surface area contributed by atoms with Gasteiger partial charge in [0.2, 0.25) is 5.91 Å². The van der Waals surface area contributed by atoms with Crippen molar-refractivity contribution < 1.29 is 4.79 Å². The number of aromatic nitrogens is 2. The van der Waals surface area contributed by atoms with E-state index in [0.717, 1.165) is 42.9 Å². The molecule has 1 amide bonds. The summed E-state index contributed by atoms with van der Waals surface area (Å²) in [6.07, 6.45) is 4.35. The minimum absolute atomic E-state index is 0.170. The normalized spacial score (nSPS) is 13.8. The van der Waals surface area contributed by atoms with Gasteiger partial charge in [0.05, 0.1) is 5.69 Å². The first-order valence-corrected chi connectivity index (χ1v) is 9.14. The average molecular weight is 358 g/mol. The lowest BCUT2D eigenvalue weighted by molar-refractivity contribution is -0.111. The molecule has 0 atom stereocenters. The van der Waals surface area contributed by atoms with E-state index in [1.54, 1.807) is 12.2 Å². The zero-order valence-electron chi connectivity index (χ0n) is 15.1. The fourth-order valence-corrected chi connectivity index (χ4v) is 3.29. The predicted octanol–water partition coefficient (Wildman–Crippen LogP) is 3.62. The van der Waals surface area contributed by atoms with Crippen molar-refractivity contribution in [2.45, 2.75) is 19.5 Å². The number of fused-ring (bicyclic) bond motifs is 1. The summed E-state index contributed by atoms with van der Waals surface area (Å²) in [5.41, 5.74) is 4.51. The summed E-state index contributed by atoms with van der Waals surface area (Å²) in [5, 5.41) is 10.2. The van der Waals surface area contributed by atoms with Crippen LogP contribution in [0.4, 0.5) is 5.82 Å². The second-order valence-electron chi connectivity index (χ2n) is 6.71. The fourth-order valence-electron chi connectivity index (χ4n) is 3.29. The van der Waals surface area contributed by atoms with E-state index in [0.29, 0.717) is 5.82 Å². The van der Waals surface area contributed by atoms with Gasteiger partial charge in [-0.2, -0.15) is 5.10 Å².